The van der Waals surface area contributed by atoms with E-state index in [0.29, 0.717) is 25.7 Å². The normalized spacial score (nSPS) is 14.1. The first-order valence-corrected chi connectivity index (χ1v) is 5.00. The van der Waals surface area contributed by atoms with Gasteiger partial charge in [-0.2, -0.15) is 0 Å². The summed E-state index contributed by atoms with van der Waals surface area (Å²) in [5.74, 6) is 0.643. The molecule has 0 aromatic rings. The average Bonchev–Trinajstić information content (AvgIpc) is 1.98. The van der Waals surface area contributed by atoms with Gasteiger partial charge in [-0.05, 0) is 19.9 Å². The molecule has 0 aromatic carbocycles. The molecule has 3 nitrogen and oxygen atoms in total. The van der Waals surface area contributed by atoms with E-state index >= 15 is 0 Å². The lowest BCUT2D eigenvalue weighted by Crippen LogP contribution is -2.34. The number of nitrogens with zero attached hydrogens (tertiary/aromatic N) is 1. The smallest absolute Gasteiger partial charge is 0.0900 e. The molecule has 0 heterocycles. The van der Waals surface area contributed by atoms with E-state index in [0.717, 1.165) is 6.54 Å². The topological polar surface area (TPSA) is 32.7 Å². The Labute approximate surface area is 81.7 Å². The lowest BCUT2D eigenvalue weighted by Gasteiger charge is -2.21. The van der Waals surface area contributed by atoms with Crippen molar-refractivity contribution in [1.82, 2.24) is 4.90 Å². The van der Waals surface area contributed by atoms with E-state index in [4.69, 9.17) is 4.74 Å². The number of hydrogen-bond acceptors (Lipinski definition) is 3. The van der Waals surface area contributed by atoms with Crippen LogP contribution in [0.25, 0.3) is 0 Å². The Kier molecular flexibility index (Phi) is 7.23. The summed E-state index contributed by atoms with van der Waals surface area (Å²) >= 11 is 0. The summed E-state index contributed by atoms with van der Waals surface area (Å²) in [6.45, 7) is 9.10. The standard InChI is InChI=1S/C10H23NO2/c1-5-13-8-10(12)7-11(4)6-9(2)3/h9-10,12H,5-8H2,1-4H3. The highest BCUT2D eigenvalue weighted by molar-refractivity contribution is 4.61. The molecule has 0 saturated heterocycles. The molecule has 3 heteroatoms. The van der Waals surface area contributed by atoms with Crippen LogP contribution in [0.1, 0.15) is 20.8 Å². The molecule has 1 atom stereocenters. The predicted molar refractivity (Wildman–Crippen MR) is 54.8 cm³/mol. The quantitative estimate of drug-likeness (QED) is 0.648. The van der Waals surface area contributed by atoms with Crippen LogP contribution in [0.2, 0.25) is 0 Å². The van der Waals surface area contributed by atoms with Crippen LogP contribution in [0.3, 0.4) is 0 Å². The second-order valence-corrected chi connectivity index (χ2v) is 3.93. The predicted octanol–water partition coefficient (Wildman–Crippen LogP) is 0.972. The van der Waals surface area contributed by atoms with Crippen LogP contribution in [-0.4, -0.2) is 49.5 Å². The Morgan fingerprint density at radius 2 is 1.92 bits per heavy atom. The first-order chi connectivity index (χ1) is 6.06. The second kappa shape index (κ2) is 7.30. The highest BCUT2D eigenvalue weighted by Gasteiger charge is 2.08. The third kappa shape index (κ3) is 8.22. The molecule has 0 aliphatic rings. The monoisotopic (exact) mass is 189 g/mol. The van der Waals surface area contributed by atoms with Crippen molar-refractivity contribution in [2.45, 2.75) is 26.9 Å². The molecular formula is C10H23NO2. The van der Waals surface area contributed by atoms with Crippen molar-refractivity contribution in [3.63, 3.8) is 0 Å². The molecule has 1 N–H and O–H groups in total. The van der Waals surface area contributed by atoms with Gasteiger partial charge in [0.05, 0.1) is 12.7 Å². The van der Waals surface area contributed by atoms with Gasteiger partial charge >= 0.3 is 0 Å². The lowest BCUT2D eigenvalue weighted by atomic mass is 10.2. The number of aliphatic hydroxyl groups is 1. The fraction of sp³-hybridized carbons (Fsp3) is 1.00. The number of hydrogen-bond donors (Lipinski definition) is 1. The molecule has 0 aliphatic heterocycles. The summed E-state index contributed by atoms with van der Waals surface area (Å²) in [5, 5.41) is 9.50. The summed E-state index contributed by atoms with van der Waals surface area (Å²) in [6, 6.07) is 0. The van der Waals surface area contributed by atoms with Crippen LogP contribution in [-0.2, 0) is 4.74 Å². The van der Waals surface area contributed by atoms with E-state index in [2.05, 4.69) is 18.7 Å². The van der Waals surface area contributed by atoms with Crippen molar-refractivity contribution in [2.75, 3.05) is 33.4 Å². The Morgan fingerprint density at radius 1 is 1.31 bits per heavy atom. The van der Waals surface area contributed by atoms with Gasteiger partial charge in [0.1, 0.15) is 0 Å². The molecule has 0 fully saturated rings. The van der Waals surface area contributed by atoms with Gasteiger partial charge in [0.2, 0.25) is 0 Å². The second-order valence-electron chi connectivity index (χ2n) is 3.93. The third-order valence-corrected chi connectivity index (χ3v) is 1.71. The van der Waals surface area contributed by atoms with Gasteiger partial charge in [-0.1, -0.05) is 13.8 Å². The van der Waals surface area contributed by atoms with Crippen molar-refractivity contribution >= 4 is 0 Å². The van der Waals surface area contributed by atoms with E-state index in [1.54, 1.807) is 0 Å². The first-order valence-electron chi connectivity index (χ1n) is 5.00. The molecule has 0 saturated carbocycles. The average molecular weight is 189 g/mol. The number of likely N-dealkylation sites (N-methyl/N-ethyl adjacent to an activating group) is 1. The van der Waals surface area contributed by atoms with Crippen molar-refractivity contribution in [3.8, 4) is 0 Å². The Balaban J connectivity index is 3.46. The number of ether oxygens (including phenoxy) is 1. The molecule has 0 spiro atoms. The summed E-state index contributed by atoms with van der Waals surface area (Å²) in [7, 11) is 2.02. The molecule has 0 aliphatic carbocycles. The summed E-state index contributed by atoms with van der Waals surface area (Å²) in [6.07, 6.45) is -0.358. The Morgan fingerprint density at radius 3 is 2.38 bits per heavy atom. The fourth-order valence-corrected chi connectivity index (χ4v) is 1.36. The largest absolute Gasteiger partial charge is 0.389 e. The van der Waals surface area contributed by atoms with Crippen LogP contribution >= 0.6 is 0 Å². The minimum atomic E-state index is -0.358. The number of rotatable bonds is 7. The minimum absolute atomic E-state index is 0.358. The molecule has 0 radical (unpaired) electrons. The Hall–Kier alpha value is -0.120. The zero-order valence-electron chi connectivity index (χ0n) is 9.29. The van der Waals surface area contributed by atoms with Gasteiger partial charge in [-0.3, -0.25) is 0 Å². The molecule has 0 aromatic heterocycles. The van der Waals surface area contributed by atoms with Crippen LogP contribution in [0.15, 0.2) is 0 Å². The van der Waals surface area contributed by atoms with Crippen LogP contribution < -0.4 is 0 Å². The molecule has 80 valence electrons. The summed E-state index contributed by atoms with van der Waals surface area (Å²) < 4.78 is 5.12. The van der Waals surface area contributed by atoms with E-state index in [1.165, 1.54) is 0 Å². The zero-order valence-corrected chi connectivity index (χ0v) is 9.29. The Bertz CT molecular complexity index is 117. The van der Waals surface area contributed by atoms with E-state index in [9.17, 15) is 5.11 Å². The SMILES string of the molecule is CCOCC(O)CN(C)CC(C)C. The van der Waals surface area contributed by atoms with Crippen molar-refractivity contribution in [2.24, 2.45) is 5.92 Å². The fourth-order valence-electron chi connectivity index (χ4n) is 1.36. The van der Waals surface area contributed by atoms with E-state index in [-0.39, 0.29) is 6.10 Å². The first kappa shape index (κ1) is 12.9. The summed E-state index contributed by atoms with van der Waals surface area (Å²) in [5.41, 5.74) is 0. The van der Waals surface area contributed by atoms with Gasteiger partial charge in [0.25, 0.3) is 0 Å². The van der Waals surface area contributed by atoms with Crippen LogP contribution in [0.5, 0.6) is 0 Å². The van der Waals surface area contributed by atoms with Gasteiger partial charge in [-0.15, -0.1) is 0 Å². The highest BCUT2D eigenvalue weighted by atomic mass is 16.5. The van der Waals surface area contributed by atoms with Gasteiger partial charge in [-0.25, -0.2) is 0 Å². The minimum Gasteiger partial charge on any atom is -0.389 e. The number of aliphatic hydroxyl groups excluding tert-OH is 1. The summed E-state index contributed by atoms with van der Waals surface area (Å²) in [4.78, 5) is 2.13. The maximum absolute atomic E-state index is 9.50. The zero-order chi connectivity index (χ0) is 10.3. The van der Waals surface area contributed by atoms with Crippen molar-refractivity contribution in [1.29, 1.82) is 0 Å². The lowest BCUT2D eigenvalue weighted by molar-refractivity contribution is 0.0240. The van der Waals surface area contributed by atoms with Crippen molar-refractivity contribution in [3.05, 3.63) is 0 Å². The van der Waals surface area contributed by atoms with Crippen molar-refractivity contribution < 1.29 is 9.84 Å². The molecule has 0 bridgehead atoms. The van der Waals surface area contributed by atoms with Gasteiger partial charge < -0.3 is 14.7 Å². The molecule has 13 heavy (non-hydrogen) atoms. The van der Waals surface area contributed by atoms with E-state index in [1.807, 2.05) is 14.0 Å². The highest BCUT2D eigenvalue weighted by Crippen LogP contribution is 1.97. The maximum atomic E-state index is 9.50. The van der Waals surface area contributed by atoms with Gasteiger partial charge in [0, 0.05) is 19.7 Å². The maximum Gasteiger partial charge on any atom is 0.0900 e. The third-order valence-electron chi connectivity index (χ3n) is 1.71. The molecule has 0 amide bonds. The van der Waals surface area contributed by atoms with E-state index < -0.39 is 0 Å². The van der Waals surface area contributed by atoms with Crippen LogP contribution in [0, 0.1) is 5.92 Å². The molecular weight excluding hydrogens is 166 g/mol. The van der Waals surface area contributed by atoms with Crippen LogP contribution in [0.4, 0.5) is 0 Å². The van der Waals surface area contributed by atoms with Gasteiger partial charge in [0.15, 0.2) is 0 Å². The molecule has 1 unspecified atom stereocenters. The molecule has 0 rings (SSSR count).